The summed E-state index contributed by atoms with van der Waals surface area (Å²) in [6.45, 7) is 3.99. The number of hydrogen-bond acceptors (Lipinski definition) is 3. The molecule has 0 spiro atoms. The summed E-state index contributed by atoms with van der Waals surface area (Å²) >= 11 is 6.35. The van der Waals surface area contributed by atoms with Crippen LogP contribution in [-0.4, -0.2) is 48.3 Å². The second kappa shape index (κ2) is 11.3. The molecule has 2 fully saturated rings. The Morgan fingerprint density at radius 1 is 0.975 bits per heavy atom. The maximum absolute atomic E-state index is 14.4. The molecule has 1 saturated heterocycles. The Morgan fingerprint density at radius 2 is 1.65 bits per heavy atom. The number of likely N-dealkylation sites (tertiary alicyclic amines) is 1. The second-order valence-corrected chi connectivity index (χ2v) is 11.6. The van der Waals surface area contributed by atoms with Gasteiger partial charge in [-0.15, -0.1) is 0 Å². The molecule has 5 nitrogen and oxygen atoms in total. The van der Waals surface area contributed by atoms with Crippen molar-refractivity contribution in [2.75, 3.05) is 26.7 Å². The molecule has 0 bridgehead atoms. The average Bonchev–Trinajstić information content (AvgIpc) is 3.67. The Morgan fingerprint density at radius 3 is 2.30 bits per heavy atom. The molecule has 210 valence electrons. The van der Waals surface area contributed by atoms with Gasteiger partial charge in [0.2, 0.25) is 11.8 Å². The van der Waals surface area contributed by atoms with Crippen molar-refractivity contribution in [1.29, 1.82) is 0 Å². The van der Waals surface area contributed by atoms with E-state index >= 15 is 0 Å². The van der Waals surface area contributed by atoms with E-state index in [1.165, 1.54) is 12.1 Å². The van der Waals surface area contributed by atoms with Crippen molar-refractivity contribution in [2.24, 2.45) is 5.92 Å². The van der Waals surface area contributed by atoms with Gasteiger partial charge in [-0.3, -0.25) is 9.59 Å². The first-order valence-electron chi connectivity index (χ1n) is 13.7. The lowest BCUT2D eigenvalue weighted by molar-refractivity contribution is -0.133. The zero-order valence-electron chi connectivity index (χ0n) is 22.8. The molecule has 2 atom stereocenters. The number of rotatable bonds is 8. The van der Waals surface area contributed by atoms with Gasteiger partial charge in [0, 0.05) is 45.2 Å². The fourth-order valence-electron chi connectivity index (χ4n) is 6.37. The molecule has 2 amide bonds. The molecule has 3 aromatic carbocycles. The Kier molecular flexibility index (Phi) is 7.98. The van der Waals surface area contributed by atoms with E-state index in [9.17, 15) is 18.4 Å². The van der Waals surface area contributed by atoms with Crippen LogP contribution < -0.4 is 5.32 Å². The lowest BCUT2D eigenvalue weighted by atomic mass is 9.80. The number of amides is 2. The van der Waals surface area contributed by atoms with Crippen LogP contribution in [0.1, 0.15) is 42.9 Å². The van der Waals surface area contributed by atoms with Crippen LogP contribution in [0.4, 0.5) is 8.78 Å². The number of carbonyl (C=O) groups is 2. The fraction of sp³-hybridized carbons (Fsp3) is 0.375. The van der Waals surface area contributed by atoms with Gasteiger partial charge < -0.3 is 15.1 Å². The first-order chi connectivity index (χ1) is 19.1. The van der Waals surface area contributed by atoms with E-state index < -0.39 is 22.6 Å². The summed E-state index contributed by atoms with van der Waals surface area (Å²) in [6, 6.07) is 21.2. The van der Waals surface area contributed by atoms with Gasteiger partial charge in [0.15, 0.2) is 11.6 Å². The summed E-state index contributed by atoms with van der Waals surface area (Å²) in [5.74, 6) is -2.13. The summed E-state index contributed by atoms with van der Waals surface area (Å²) in [4.78, 5) is 30.1. The monoisotopic (exact) mass is 565 g/mol. The number of halogens is 3. The van der Waals surface area contributed by atoms with E-state index in [1.54, 1.807) is 24.9 Å². The minimum atomic E-state index is -0.954. The Balaban J connectivity index is 1.35. The van der Waals surface area contributed by atoms with Gasteiger partial charge in [0.1, 0.15) is 0 Å². The molecule has 0 aromatic heterocycles. The van der Waals surface area contributed by atoms with E-state index in [4.69, 9.17) is 11.6 Å². The molecule has 40 heavy (non-hydrogen) atoms. The zero-order valence-corrected chi connectivity index (χ0v) is 23.6. The van der Waals surface area contributed by atoms with Crippen molar-refractivity contribution in [1.82, 2.24) is 15.1 Å². The van der Waals surface area contributed by atoms with Gasteiger partial charge >= 0.3 is 0 Å². The summed E-state index contributed by atoms with van der Waals surface area (Å²) in [5.41, 5.74) is 1.04. The molecule has 2 aliphatic rings. The molecule has 5 rings (SSSR count). The van der Waals surface area contributed by atoms with Crippen LogP contribution in [0.5, 0.6) is 0 Å². The fourth-order valence-corrected chi connectivity index (χ4v) is 6.56. The van der Waals surface area contributed by atoms with E-state index in [0.717, 1.165) is 43.1 Å². The summed E-state index contributed by atoms with van der Waals surface area (Å²) in [6.07, 6.45) is 2.03. The van der Waals surface area contributed by atoms with Crippen molar-refractivity contribution in [3.8, 4) is 0 Å². The van der Waals surface area contributed by atoms with Crippen molar-refractivity contribution in [3.05, 3.63) is 106 Å². The Bertz CT molecular complexity index is 1390. The van der Waals surface area contributed by atoms with Crippen molar-refractivity contribution < 1.29 is 18.4 Å². The molecular formula is C32H34ClF2N3O2. The van der Waals surface area contributed by atoms with E-state index in [0.29, 0.717) is 30.1 Å². The van der Waals surface area contributed by atoms with Crippen molar-refractivity contribution in [3.63, 3.8) is 0 Å². The standard InChI is InChI=1S/C32H34ClF2N3O2/c1-22(39)36-31(24-9-4-3-5-10-24)14-16-38(17-15-31)21-26-19-32(26,25-12-13-28(34)29(35)18-25)30(40)37(2)20-23-8-6-7-11-27(23)33/h3-13,18,26H,14-17,19-21H2,1-2H3,(H,36,39). The van der Waals surface area contributed by atoms with Crippen molar-refractivity contribution >= 4 is 23.4 Å². The Hall–Kier alpha value is -3.29. The lowest BCUT2D eigenvalue weighted by Gasteiger charge is -2.43. The summed E-state index contributed by atoms with van der Waals surface area (Å²) in [7, 11) is 1.73. The quantitative estimate of drug-likeness (QED) is 0.383. The number of nitrogens with zero attached hydrogens (tertiary/aromatic N) is 2. The normalized spacial score (nSPS) is 22.0. The number of piperidine rings is 1. The first kappa shape index (κ1) is 28.2. The van der Waals surface area contributed by atoms with E-state index in [-0.39, 0.29) is 17.7 Å². The van der Waals surface area contributed by atoms with Crippen molar-refractivity contribution in [2.45, 2.75) is 43.7 Å². The number of carbonyl (C=O) groups excluding carboxylic acids is 2. The van der Waals surface area contributed by atoms with Gasteiger partial charge in [0.05, 0.1) is 11.0 Å². The molecule has 0 radical (unpaired) electrons. The highest BCUT2D eigenvalue weighted by atomic mass is 35.5. The molecule has 1 saturated carbocycles. The zero-order chi connectivity index (χ0) is 28.5. The largest absolute Gasteiger partial charge is 0.347 e. The predicted octanol–water partition coefficient (Wildman–Crippen LogP) is 5.66. The topological polar surface area (TPSA) is 52.7 Å². The number of nitrogens with one attached hydrogen (secondary N) is 1. The lowest BCUT2D eigenvalue weighted by Crippen LogP contribution is -2.53. The third kappa shape index (κ3) is 5.50. The molecular weight excluding hydrogens is 532 g/mol. The SMILES string of the molecule is CC(=O)NC1(c2ccccc2)CCN(CC2CC2(C(=O)N(C)Cc2ccccc2Cl)c2ccc(F)c(F)c2)CC1. The molecule has 1 N–H and O–H groups in total. The number of hydrogen-bond donors (Lipinski definition) is 1. The van der Waals surface area contributed by atoms with Gasteiger partial charge in [-0.05, 0) is 60.1 Å². The average molecular weight is 566 g/mol. The maximum Gasteiger partial charge on any atom is 0.233 e. The van der Waals surface area contributed by atoms with Crippen LogP contribution in [0.15, 0.2) is 72.8 Å². The number of likely N-dealkylation sites (N-methyl/N-ethyl adjacent to an activating group) is 1. The molecule has 1 aliphatic carbocycles. The third-order valence-corrected chi connectivity index (χ3v) is 8.93. The summed E-state index contributed by atoms with van der Waals surface area (Å²) in [5, 5.41) is 3.78. The third-order valence-electron chi connectivity index (χ3n) is 8.56. The minimum Gasteiger partial charge on any atom is -0.347 e. The highest BCUT2D eigenvalue weighted by Crippen LogP contribution is 2.56. The van der Waals surface area contributed by atoms with E-state index in [1.807, 2.05) is 48.5 Å². The van der Waals surface area contributed by atoms with Gasteiger partial charge in [0.25, 0.3) is 0 Å². The van der Waals surface area contributed by atoms with Crippen LogP contribution >= 0.6 is 11.6 Å². The first-order valence-corrected chi connectivity index (χ1v) is 14.0. The maximum atomic E-state index is 14.4. The highest BCUT2D eigenvalue weighted by Gasteiger charge is 2.62. The van der Waals surface area contributed by atoms with Gasteiger partial charge in [-0.25, -0.2) is 8.78 Å². The molecule has 8 heteroatoms. The molecule has 3 aromatic rings. The molecule has 1 heterocycles. The summed E-state index contributed by atoms with van der Waals surface area (Å²) < 4.78 is 28.2. The van der Waals surface area contributed by atoms with Gasteiger partial charge in [-0.2, -0.15) is 0 Å². The molecule has 1 aliphatic heterocycles. The minimum absolute atomic E-state index is 0.0523. The highest BCUT2D eigenvalue weighted by molar-refractivity contribution is 6.31. The van der Waals surface area contributed by atoms with Crippen LogP contribution in [-0.2, 0) is 27.1 Å². The number of benzene rings is 3. The second-order valence-electron chi connectivity index (χ2n) is 11.2. The van der Waals surface area contributed by atoms with Crippen LogP contribution in [0.3, 0.4) is 0 Å². The van der Waals surface area contributed by atoms with E-state index in [2.05, 4.69) is 10.2 Å². The van der Waals surface area contributed by atoms with Crippen LogP contribution in [0.25, 0.3) is 0 Å². The Labute approximate surface area is 239 Å². The van der Waals surface area contributed by atoms with Crippen LogP contribution in [0, 0.1) is 17.6 Å². The smallest absolute Gasteiger partial charge is 0.233 e. The van der Waals surface area contributed by atoms with Crippen LogP contribution in [0.2, 0.25) is 5.02 Å². The molecule has 2 unspecified atom stereocenters. The van der Waals surface area contributed by atoms with Gasteiger partial charge in [-0.1, -0.05) is 66.2 Å². The predicted molar refractivity (Wildman–Crippen MR) is 152 cm³/mol.